The lowest BCUT2D eigenvalue weighted by Crippen LogP contribution is -2.13. The molecule has 31 heavy (non-hydrogen) atoms. The zero-order valence-electron chi connectivity index (χ0n) is 16.8. The third-order valence-electron chi connectivity index (χ3n) is 4.49. The van der Waals surface area contributed by atoms with E-state index in [-0.39, 0.29) is 10.8 Å². The summed E-state index contributed by atoms with van der Waals surface area (Å²) in [7, 11) is -0.882. The van der Waals surface area contributed by atoms with Gasteiger partial charge >= 0.3 is 0 Å². The van der Waals surface area contributed by atoms with Crippen molar-refractivity contribution in [1.29, 1.82) is 0 Å². The van der Waals surface area contributed by atoms with Crippen molar-refractivity contribution < 1.29 is 22.4 Å². The molecule has 0 saturated carbocycles. The van der Waals surface area contributed by atoms with E-state index in [1.54, 1.807) is 30.3 Å². The summed E-state index contributed by atoms with van der Waals surface area (Å²) >= 11 is 0. The number of rotatable bonds is 7. The Balaban J connectivity index is 1.61. The monoisotopic (exact) mass is 437 g/mol. The number of hydrogen-bond acceptors (Lipinski definition) is 7. The summed E-state index contributed by atoms with van der Waals surface area (Å²) in [4.78, 5) is 4.43. The normalized spacial score (nSPS) is 11.2. The van der Waals surface area contributed by atoms with E-state index >= 15 is 0 Å². The van der Waals surface area contributed by atoms with Crippen LogP contribution in [0.5, 0.6) is 11.5 Å². The molecule has 1 heterocycles. The molecule has 158 valence electrons. The summed E-state index contributed by atoms with van der Waals surface area (Å²) in [5, 5.41) is 3.98. The molecule has 1 N–H and O–H groups in total. The second kappa shape index (κ2) is 8.49. The van der Waals surface area contributed by atoms with E-state index in [1.165, 1.54) is 26.4 Å². The van der Waals surface area contributed by atoms with Crippen LogP contribution in [-0.2, 0) is 10.0 Å². The van der Waals surface area contributed by atoms with Gasteiger partial charge in [-0.15, -0.1) is 0 Å². The average molecular weight is 437 g/mol. The minimum absolute atomic E-state index is 0.0549. The van der Waals surface area contributed by atoms with Gasteiger partial charge in [-0.05, 0) is 30.3 Å². The van der Waals surface area contributed by atoms with E-state index in [4.69, 9.17) is 14.0 Å². The van der Waals surface area contributed by atoms with Crippen molar-refractivity contribution in [3.63, 3.8) is 0 Å². The summed E-state index contributed by atoms with van der Waals surface area (Å²) in [6.07, 6.45) is 0. The number of aromatic nitrogens is 2. The SMILES string of the molecule is COc1ccc(NS(=O)(=O)c2cccc(-c3nc(-c4ccccc4)no3)c2)cc1OC. The Kier molecular flexibility index (Phi) is 5.59. The van der Waals surface area contributed by atoms with Crippen molar-refractivity contribution in [2.45, 2.75) is 4.90 Å². The van der Waals surface area contributed by atoms with Gasteiger partial charge in [0.1, 0.15) is 0 Å². The van der Waals surface area contributed by atoms with Crippen molar-refractivity contribution in [2.75, 3.05) is 18.9 Å². The lowest BCUT2D eigenvalue weighted by atomic mass is 10.2. The fourth-order valence-corrected chi connectivity index (χ4v) is 4.05. The maximum Gasteiger partial charge on any atom is 0.261 e. The number of nitrogens with one attached hydrogen (secondary N) is 1. The van der Waals surface area contributed by atoms with Gasteiger partial charge in [-0.2, -0.15) is 4.98 Å². The smallest absolute Gasteiger partial charge is 0.261 e. The highest BCUT2D eigenvalue weighted by molar-refractivity contribution is 7.92. The zero-order valence-corrected chi connectivity index (χ0v) is 17.6. The van der Waals surface area contributed by atoms with Crippen molar-refractivity contribution >= 4 is 15.7 Å². The zero-order chi connectivity index (χ0) is 21.8. The first-order valence-corrected chi connectivity index (χ1v) is 10.7. The van der Waals surface area contributed by atoms with Gasteiger partial charge in [0, 0.05) is 17.2 Å². The predicted octanol–water partition coefficient (Wildman–Crippen LogP) is 4.22. The topological polar surface area (TPSA) is 104 Å². The van der Waals surface area contributed by atoms with E-state index in [0.29, 0.717) is 28.6 Å². The number of methoxy groups -OCH3 is 2. The van der Waals surface area contributed by atoms with Crippen molar-refractivity contribution in [2.24, 2.45) is 0 Å². The van der Waals surface area contributed by atoms with E-state index < -0.39 is 10.0 Å². The predicted molar refractivity (Wildman–Crippen MR) is 116 cm³/mol. The Morgan fingerprint density at radius 1 is 0.839 bits per heavy atom. The quantitative estimate of drug-likeness (QED) is 0.462. The molecule has 0 aliphatic carbocycles. The largest absolute Gasteiger partial charge is 0.493 e. The lowest BCUT2D eigenvalue weighted by molar-refractivity contribution is 0.355. The molecule has 0 fully saturated rings. The summed E-state index contributed by atoms with van der Waals surface area (Å²) in [6.45, 7) is 0. The molecular weight excluding hydrogens is 418 g/mol. The van der Waals surface area contributed by atoms with Crippen LogP contribution in [0.2, 0.25) is 0 Å². The molecule has 0 spiro atoms. The third-order valence-corrected chi connectivity index (χ3v) is 5.86. The van der Waals surface area contributed by atoms with Crippen LogP contribution in [0, 0.1) is 0 Å². The highest BCUT2D eigenvalue weighted by atomic mass is 32.2. The fraction of sp³-hybridized carbons (Fsp3) is 0.0909. The highest BCUT2D eigenvalue weighted by Gasteiger charge is 2.18. The molecule has 0 saturated heterocycles. The minimum atomic E-state index is -3.87. The van der Waals surface area contributed by atoms with Gasteiger partial charge in [0.2, 0.25) is 5.82 Å². The Morgan fingerprint density at radius 3 is 2.32 bits per heavy atom. The maximum atomic E-state index is 12.9. The molecule has 0 radical (unpaired) electrons. The van der Waals surface area contributed by atoms with Crippen molar-refractivity contribution in [1.82, 2.24) is 10.1 Å². The molecule has 4 rings (SSSR count). The van der Waals surface area contributed by atoms with E-state index in [0.717, 1.165) is 5.56 Å². The summed E-state index contributed by atoms with van der Waals surface area (Å²) < 4.78 is 44.1. The van der Waals surface area contributed by atoms with Crippen LogP contribution in [-0.4, -0.2) is 32.8 Å². The van der Waals surface area contributed by atoms with Crippen LogP contribution in [0.4, 0.5) is 5.69 Å². The van der Waals surface area contributed by atoms with Crippen LogP contribution in [0.15, 0.2) is 82.2 Å². The average Bonchev–Trinajstić information content (AvgIpc) is 3.30. The van der Waals surface area contributed by atoms with Crippen molar-refractivity contribution in [3.8, 4) is 34.3 Å². The van der Waals surface area contributed by atoms with Crippen LogP contribution < -0.4 is 14.2 Å². The van der Waals surface area contributed by atoms with Crippen LogP contribution in [0.3, 0.4) is 0 Å². The minimum Gasteiger partial charge on any atom is -0.493 e. The number of hydrogen-bond donors (Lipinski definition) is 1. The molecule has 0 unspecified atom stereocenters. The Labute approximate surface area is 179 Å². The summed E-state index contributed by atoms with van der Waals surface area (Å²) in [5.74, 6) is 1.56. The number of sulfonamides is 1. The van der Waals surface area contributed by atoms with Crippen molar-refractivity contribution in [3.05, 3.63) is 72.8 Å². The molecule has 0 aliphatic heterocycles. The van der Waals surface area contributed by atoms with Gasteiger partial charge in [0.25, 0.3) is 15.9 Å². The number of ether oxygens (including phenoxy) is 2. The standard InChI is InChI=1S/C22H19N3O5S/c1-28-19-12-11-17(14-20(19)29-2)25-31(26,27)18-10-6-9-16(13-18)22-23-21(24-30-22)15-7-4-3-5-8-15/h3-14,25H,1-2H3. The van der Waals surface area contributed by atoms with Crippen LogP contribution in [0.25, 0.3) is 22.8 Å². The first-order valence-electron chi connectivity index (χ1n) is 9.24. The van der Waals surface area contributed by atoms with E-state index in [9.17, 15) is 8.42 Å². The Bertz CT molecular complexity index is 1300. The van der Waals surface area contributed by atoms with Gasteiger partial charge in [-0.1, -0.05) is 41.6 Å². The van der Waals surface area contributed by atoms with Gasteiger partial charge in [0.15, 0.2) is 11.5 Å². The Morgan fingerprint density at radius 2 is 1.58 bits per heavy atom. The van der Waals surface area contributed by atoms with Gasteiger partial charge in [-0.3, -0.25) is 4.72 Å². The van der Waals surface area contributed by atoms with Gasteiger partial charge in [-0.25, -0.2) is 8.42 Å². The number of anilines is 1. The summed E-state index contributed by atoms with van der Waals surface area (Å²) in [6, 6.07) is 20.4. The number of nitrogens with zero attached hydrogens (tertiary/aromatic N) is 2. The van der Waals surface area contributed by atoms with E-state index in [2.05, 4.69) is 14.9 Å². The molecule has 4 aromatic rings. The van der Waals surface area contributed by atoms with E-state index in [1.807, 2.05) is 30.3 Å². The third kappa shape index (κ3) is 4.36. The number of benzene rings is 3. The molecule has 1 aromatic heterocycles. The van der Waals surface area contributed by atoms with Gasteiger partial charge in [0.05, 0.1) is 24.8 Å². The first-order chi connectivity index (χ1) is 15.0. The molecule has 8 nitrogen and oxygen atoms in total. The molecule has 0 amide bonds. The van der Waals surface area contributed by atoms with Crippen LogP contribution in [0.1, 0.15) is 0 Å². The molecular formula is C22H19N3O5S. The maximum absolute atomic E-state index is 12.9. The molecule has 0 atom stereocenters. The summed E-state index contributed by atoms with van der Waals surface area (Å²) in [5.41, 5.74) is 1.63. The molecule has 0 aliphatic rings. The lowest BCUT2D eigenvalue weighted by Gasteiger charge is -2.12. The molecule has 3 aromatic carbocycles. The van der Waals surface area contributed by atoms with Gasteiger partial charge < -0.3 is 14.0 Å². The molecule has 9 heteroatoms. The second-order valence-corrected chi connectivity index (χ2v) is 8.17. The van der Waals surface area contributed by atoms with Crippen LogP contribution >= 0.6 is 0 Å². The second-order valence-electron chi connectivity index (χ2n) is 6.49. The fourth-order valence-electron chi connectivity index (χ4n) is 2.96. The first kappa shape index (κ1) is 20.4. The molecule has 0 bridgehead atoms. The highest BCUT2D eigenvalue weighted by Crippen LogP contribution is 2.31. The Hall–Kier alpha value is -3.85.